The Labute approximate surface area is 243 Å². The number of nitrogens with zero attached hydrogens (tertiary/aromatic N) is 2. The summed E-state index contributed by atoms with van der Waals surface area (Å²) in [5.41, 5.74) is 7.91. The average molecular weight is 546 g/mol. The van der Waals surface area contributed by atoms with E-state index in [-0.39, 0.29) is 5.91 Å². The van der Waals surface area contributed by atoms with Crippen LogP contribution in [0.4, 0.5) is 0 Å². The molecule has 0 saturated heterocycles. The van der Waals surface area contributed by atoms with Crippen LogP contribution in [0.15, 0.2) is 97.1 Å². The number of rotatable bonds is 13. The van der Waals surface area contributed by atoms with Crippen LogP contribution in [0.5, 0.6) is 5.75 Å². The third-order valence-electron chi connectivity index (χ3n) is 7.47. The van der Waals surface area contributed by atoms with E-state index in [9.17, 15) is 4.79 Å². The fraction of sp³-hybridized carbons (Fsp3) is 0.278. The first-order valence-corrected chi connectivity index (χ1v) is 14.6. The number of nitrogens with one attached hydrogen (secondary N) is 1. The topological polar surface area (TPSA) is 56.1 Å². The average Bonchev–Trinajstić information content (AvgIpc) is 3.34. The molecule has 5 aromatic rings. The summed E-state index contributed by atoms with van der Waals surface area (Å²) in [6, 6.07) is 33.2. The summed E-state index contributed by atoms with van der Waals surface area (Å²) in [6.45, 7) is 6.22. The maximum atomic E-state index is 12.5. The standard InChI is InChI=1S/C36H39N3O2/c1-27-16-17-28(2)34(25-27)41-24-23-39-33-14-9-8-13-32(33)38-35(39)15-7-4-10-22-37-36(40)26-29-18-20-31(21-19-29)30-11-5-3-6-12-30/h3,5-6,8-9,11-14,16-21,25H,4,7,10,15,22-24,26H2,1-2H3,(H,37,40). The zero-order chi connectivity index (χ0) is 28.4. The van der Waals surface area contributed by atoms with Gasteiger partial charge in [-0.05, 0) is 72.7 Å². The molecule has 1 heterocycles. The van der Waals surface area contributed by atoms with Gasteiger partial charge in [-0.25, -0.2) is 4.98 Å². The Hall–Kier alpha value is -4.38. The number of aryl methyl sites for hydroxylation is 3. The minimum atomic E-state index is 0.0723. The molecule has 0 unspecified atom stereocenters. The van der Waals surface area contributed by atoms with Crippen molar-refractivity contribution in [2.75, 3.05) is 13.2 Å². The molecule has 5 nitrogen and oxygen atoms in total. The van der Waals surface area contributed by atoms with Gasteiger partial charge in [0.2, 0.25) is 5.91 Å². The number of benzene rings is 4. The minimum Gasteiger partial charge on any atom is -0.491 e. The van der Waals surface area contributed by atoms with Gasteiger partial charge >= 0.3 is 0 Å². The second-order valence-corrected chi connectivity index (χ2v) is 10.7. The summed E-state index contributed by atoms with van der Waals surface area (Å²) in [7, 11) is 0. The first-order valence-electron chi connectivity index (χ1n) is 14.6. The van der Waals surface area contributed by atoms with Crippen LogP contribution in [0.25, 0.3) is 22.2 Å². The number of aromatic nitrogens is 2. The van der Waals surface area contributed by atoms with E-state index in [0.717, 1.165) is 71.5 Å². The van der Waals surface area contributed by atoms with E-state index < -0.39 is 0 Å². The third kappa shape index (κ3) is 7.63. The van der Waals surface area contributed by atoms with Gasteiger partial charge in [-0.3, -0.25) is 4.79 Å². The van der Waals surface area contributed by atoms with E-state index in [4.69, 9.17) is 9.72 Å². The number of carbonyl (C=O) groups is 1. The number of carbonyl (C=O) groups excluding carboxylic acids is 1. The highest BCUT2D eigenvalue weighted by Crippen LogP contribution is 2.22. The van der Waals surface area contributed by atoms with E-state index in [1.54, 1.807) is 0 Å². The van der Waals surface area contributed by atoms with Gasteiger partial charge in [-0.1, -0.05) is 85.3 Å². The molecule has 210 valence electrons. The SMILES string of the molecule is Cc1ccc(C)c(OCCn2c(CCCCCNC(=O)Cc3ccc(-c4ccccc4)cc3)nc3ccccc32)c1. The molecular weight excluding hydrogens is 506 g/mol. The van der Waals surface area contributed by atoms with Gasteiger partial charge in [0.25, 0.3) is 0 Å². The van der Waals surface area contributed by atoms with Crippen molar-refractivity contribution in [2.45, 2.75) is 52.5 Å². The Bertz CT molecular complexity index is 1570. The molecule has 0 spiro atoms. The lowest BCUT2D eigenvalue weighted by Crippen LogP contribution is -2.26. The van der Waals surface area contributed by atoms with E-state index in [0.29, 0.717) is 19.6 Å². The maximum absolute atomic E-state index is 12.5. The number of unbranched alkanes of at least 4 members (excludes halogenated alkanes) is 2. The lowest BCUT2D eigenvalue weighted by Gasteiger charge is -2.13. The van der Waals surface area contributed by atoms with Crippen LogP contribution in [0.2, 0.25) is 0 Å². The first-order chi connectivity index (χ1) is 20.1. The normalized spacial score (nSPS) is 11.1. The number of ether oxygens (including phenoxy) is 1. The number of imidazole rings is 1. The molecule has 1 amide bonds. The summed E-state index contributed by atoms with van der Waals surface area (Å²) < 4.78 is 8.45. The molecule has 0 atom stereocenters. The summed E-state index contributed by atoms with van der Waals surface area (Å²) in [5, 5.41) is 3.08. The number of hydrogen-bond acceptors (Lipinski definition) is 3. The van der Waals surface area contributed by atoms with Gasteiger partial charge in [0.15, 0.2) is 0 Å². The fourth-order valence-electron chi connectivity index (χ4n) is 5.18. The molecule has 0 radical (unpaired) electrons. The molecule has 0 fully saturated rings. The van der Waals surface area contributed by atoms with Gasteiger partial charge in [0, 0.05) is 13.0 Å². The Balaban J connectivity index is 1.06. The largest absolute Gasteiger partial charge is 0.491 e. The van der Waals surface area contributed by atoms with Gasteiger partial charge in [-0.2, -0.15) is 0 Å². The highest BCUT2D eigenvalue weighted by Gasteiger charge is 2.11. The Morgan fingerprint density at radius 3 is 2.41 bits per heavy atom. The lowest BCUT2D eigenvalue weighted by atomic mass is 10.0. The Kier molecular flexibility index (Phi) is 9.48. The van der Waals surface area contributed by atoms with Crippen molar-refractivity contribution >= 4 is 16.9 Å². The molecular formula is C36H39N3O2. The van der Waals surface area contributed by atoms with Gasteiger partial charge < -0.3 is 14.6 Å². The van der Waals surface area contributed by atoms with Crippen molar-refractivity contribution in [3.63, 3.8) is 0 Å². The summed E-state index contributed by atoms with van der Waals surface area (Å²) in [5.74, 6) is 2.11. The summed E-state index contributed by atoms with van der Waals surface area (Å²) in [4.78, 5) is 17.4. The maximum Gasteiger partial charge on any atom is 0.224 e. The van der Waals surface area contributed by atoms with E-state index in [2.05, 4.69) is 84.4 Å². The zero-order valence-electron chi connectivity index (χ0n) is 24.1. The van der Waals surface area contributed by atoms with Crippen molar-refractivity contribution < 1.29 is 9.53 Å². The Morgan fingerprint density at radius 1 is 0.829 bits per heavy atom. The second-order valence-electron chi connectivity index (χ2n) is 10.7. The van der Waals surface area contributed by atoms with Crippen LogP contribution in [0.1, 0.15) is 41.8 Å². The quantitative estimate of drug-likeness (QED) is 0.156. The van der Waals surface area contributed by atoms with Crippen molar-refractivity contribution in [1.29, 1.82) is 0 Å². The van der Waals surface area contributed by atoms with Gasteiger partial charge in [-0.15, -0.1) is 0 Å². The third-order valence-corrected chi connectivity index (χ3v) is 7.47. The molecule has 0 saturated carbocycles. The molecule has 5 heteroatoms. The fourth-order valence-corrected chi connectivity index (χ4v) is 5.18. The molecule has 0 aliphatic rings. The molecule has 41 heavy (non-hydrogen) atoms. The summed E-state index contributed by atoms with van der Waals surface area (Å²) in [6.07, 6.45) is 4.32. The van der Waals surface area contributed by atoms with Crippen LogP contribution in [-0.2, 0) is 24.2 Å². The van der Waals surface area contributed by atoms with Crippen LogP contribution in [0.3, 0.4) is 0 Å². The molecule has 1 aromatic heterocycles. The molecule has 4 aromatic carbocycles. The van der Waals surface area contributed by atoms with Gasteiger partial charge in [0.05, 0.1) is 24.0 Å². The smallest absolute Gasteiger partial charge is 0.224 e. The van der Waals surface area contributed by atoms with E-state index in [1.165, 1.54) is 11.1 Å². The molecule has 0 aliphatic heterocycles. The monoisotopic (exact) mass is 545 g/mol. The lowest BCUT2D eigenvalue weighted by molar-refractivity contribution is -0.120. The molecule has 1 N–H and O–H groups in total. The predicted octanol–water partition coefficient (Wildman–Crippen LogP) is 7.47. The predicted molar refractivity (Wildman–Crippen MR) is 167 cm³/mol. The van der Waals surface area contributed by atoms with Crippen molar-refractivity contribution in [3.05, 3.63) is 120 Å². The summed E-state index contributed by atoms with van der Waals surface area (Å²) >= 11 is 0. The van der Waals surface area contributed by atoms with E-state index in [1.807, 2.05) is 36.4 Å². The van der Waals surface area contributed by atoms with Crippen molar-refractivity contribution in [1.82, 2.24) is 14.9 Å². The van der Waals surface area contributed by atoms with Crippen LogP contribution >= 0.6 is 0 Å². The Morgan fingerprint density at radius 2 is 1.59 bits per heavy atom. The van der Waals surface area contributed by atoms with Crippen molar-refractivity contribution in [3.8, 4) is 16.9 Å². The van der Waals surface area contributed by atoms with Crippen LogP contribution in [0, 0.1) is 13.8 Å². The van der Waals surface area contributed by atoms with Crippen molar-refractivity contribution in [2.24, 2.45) is 0 Å². The first kappa shape index (κ1) is 28.2. The number of hydrogen-bond donors (Lipinski definition) is 1. The highest BCUT2D eigenvalue weighted by molar-refractivity contribution is 5.79. The highest BCUT2D eigenvalue weighted by atomic mass is 16.5. The number of fused-ring (bicyclic) bond motifs is 1. The van der Waals surface area contributed by atoms with Gasteiger partial charge in [0.1, 0.15) is 18.2 Å². The number of para-hydroxylation sites is 2. The minimum absolute atomic E-state index is 0.0723. The molecule has 5 rings (SSSR count). The molecule has 0 bridgehead atoms. The second kappa shape index (κ2) is 13.8. The van der Waals surface area contributed by atoms with Crippen LogP contribution in [-0.4, -0.2) is 28.6 Å². The number of amides is 1. The molecule has 0 aliphatic carbocycles. The van der Waals surface area contributed by atoms with E-state index >= 15 is 0 Å². The van der Waals surface area contributed by atoms with Crippen LogP contribution < -0.4 is 10.1 Å². The zero-order valence-corrected chi connectivity index (χ0v) is 24.1.